The molecule has 0 bridgehead atoms. The molecule has 0 aliphatic carbocycles. The van der Waals surface area contributed by atoms with Gasteiger partial charge in [0.15, 0.2) is 0 Å². The van der Waals surface area contributed by atoms with Gasteiger partial charge >= 0.3 is 0 Å². The Balaban J connectivity index is 2.48. The monoisotopic (exact) mass is 215 g/mol. The average molecular weight is 215 g/mol. The number of hydrogen-bond acceptors (Lipinski definition) is 1. The molecule has 2 nitrogen and oxygen atoms in total. The molecule has 0 saturated heterocycles. The molecule has 0 fully saturated rings. The topological polar surface area (TPSA) is 22.0 Å². The first-order valence-electron chi connectivity index (χ1n) is 5.63. The maximum Gasteiger partial charge on any atom is 0.130 e. The minimum atomic E-state index is 0.254. The molecule has 16 heavy (non-hydrogen) atoms. The molecule has 84 valence electrons. The molecule has 1 aromatic carbocycles. The third kappa shape index (κ3) is 1.75. The van der Waals surface area contributed by atoms with E-state index in [0.717, 1.165) is 6.42 Å². The van der Waals surface area contributed by atoms with Crippen molar-refractivity contribution in [3.63, 3.8) is 0 Å². The van der Waals surface area contributed by atoms with E-state index in [-0.39, 0.29) is 5.78 Å². The Hall–Kier alpha value is -1.57. The Morgan fingerprint density at radius 2 is 2.00 bits per heavy atom. The smallest absolute Gasteiger partial charge is 0.130 e. The van der Waals surface area contributed by atoms with E-state index in [1.54, 1.807) is 6.92 Å². The predicted octanol–water partition coefficient (Wildman–Crippen LogP) is 3.01. The zero-order chi connectivity index (χ0) is 11.7. The number of hydrogen-bond donors (Lipinski definition) is 0. The van der Waals surface area contributed by atoms with E-state index in [1.807, 2.05) is 0 Å². The zero-order valence-electron chi connectivity index (χ0n) is 10.1. The van der Waals surface area contributed by atoms with E-state index in [9.17, 15) is 4.79 Å². The second-order valence-electron chi connectivity index (χ2n) is 4.35. The molecule has 0 aliphatic heterocycles. The number of ketones is 1. The first-order chi connectivity index (χ1) is 7.61. The molecule has 2 rings (SSSR count). The van der Waals surface area contributed by atoms with E-state index in [2.05, 4.69) is 42.8 Å². The number of aromatic nitrogens is 1. The van der Waals surface area contributed by atoms with Gasteiger partial charge in [0.2, 0.25) is 0 Å². The van der Waals surface area contributed by atoms with Crippen molar-refractivity contribution in [2.24, 2.45) is 7.05 Å². The second-order valence-corrected chi connectivity index (χ2v) is 4.35. The van der Waals surface area contributed by atoms with Crippen LogP contribution in [0.4, 0.5) is 0 Å². The molecule has 0 atom stereocenters. The number of fused-ring (bicyclic) bond motifs is 1. The van der Waals surface area contributed by atoms with Crippen molar-refractivity contribution in [2.75, 3.05) is 0 Å². The lowest BCUT2D eigenvalue weighted by Gasteiger charge is -2.04. The highest BCUT2D eigenvalue weighted by molar-refractivity contribution is 5.85. The normalized spacial score (nSPS) is 10.9. The first kappa shape index (κ1) is 10.9. The summed E-state index contributed by atoms with van der Waals surface area (Å²) < 4.78 is 2.20. The summed E-state index contributed by atoms with van der Waals surface area (Å²) in [7, 11) is 2.07. The van der Waals surface area contributed by atoms with Crippen LogP contribution in [0.1, 0.15) is 24.6 Å². The number of benzene rings is 1. The lowest BCUT2D eigenvalue weighted by atomic mass is 10.1. The number of carbonyl (C=O) groups excluding carboxylic acids is 1. The summed E-state index contributed by atoms with van der Waals surface area (Å²) in [4.78, 5) is 11.0. The number of rotatable bonds is 3. The number of aryl methyl sites for hydroxylation is 2. The summed E-state index contributed by atoms with van der Waals surface area (Å²) >= 11 is 0. The van der Waals surface area contributed by atoms with Crippen molar-refractivity contribution in [1.82, 2.24) is 4.57 Å². The SMILES string of the molecule is CC(=O)CCc1c(C)c2ccccc2n1C. The molecule has 0 aliphatic rings. The summed E-state index contributed by atoms with van der Waals surface area (Å²) in [5, 5.41) is 1.29. The van der Waals surface area contributed by atoms with Gasteiger partial charge in [-0.1, -0.05) is 18.2 Å². The number of Topliss-reactive ketones (excluding diaryl/α,β-unsaturated/α-hetero) is 1. The quantitative estimate of drug-likeness (QED) is 0.771. The van der Waals surface area contributed by atoms with Gasteiger partial charge in [-0.2, -0.15) is 0 Å². The van der Waals surface area contributed by atoms with E-state index in [0.29, 0.717) is 6.42 Å². The van der Waals surface area contributed by atoms with Crippen LogP contribution in [-0.2, 0) is 18.3 Å². The van der Waals surface area contributed by atoms with Gasteiger partial charge in [0, 0.05) is 30.1 Å². The fourth-order valence-corrected chi connectivity index (χ4v) is 2.29. The van der Waals surface area contributed by atoms with E-state index in [1.165, 1.54) is 22.2 Å². The van der Waals surface area contributed by atoms with Crippen LogP contribution in [-0.4, -0.2) is 10.4 Å². The molecule has 0 radical (unpaired) electrons. The molecule has 1 heterocycles. The highest BCUT2D eigenvalue weighted by Crippen LogP contribution is 2.25. The maximum atomic E-state index is 11.0. The molecule has 0 amide bonds. The first-order valence-corrected chi connectivity index (χ1v) is 5.63. The molecule has 0 saturated carbocycles. The molecule has 1 aromatic heterocycles. The zero-order valence-corrected chi connectivity index (χ0v) is 10.1. The van der Waals surface area contributed by atoms with Crippen LogP contribution in [0.3, 0.4) is 0 Å². The summed E-state index contributed by atoms with van der Waals surface area (Å²) in [5.74, 6) is 0.254. The molecular weight excluding hydrogens is 198 g/mol. The minimum Gasteiger partial charge on any atom is -0.347 e. The van der Waals surface area contributed by atoms with E-state index >= 15 is 0 Å². The highest BCUT2D eigenvalue weighted by atomic mass is 16.1. The Labute approximate surface area is 95.9 Å². The Bertz CT molecular complexity index is 498. The van der Waals surface area contributed by atoms with E-state index in [4.69, 9.17) is 0 Å². The van der Waals surface area contributed by atoms with Gasteiger partial charge in [-0.05, 0) is 31.9 Å². The third-order valence-corrected chi connectivity index (χ3v) is 3.22. The van der Waals surface area contributed by atoms with Crippen LogP contribution in [0.2, 0.25) is 0 Å². The largest absolute Gasteiger partial charge is 0.347 e. The molecule has 0 unspecified atom stereocenters. The van der Waals surface area contributed by atoms with Crippen LogP contribution in [0.5, 0.6) is 0 Å². The van der Waals surface area contributed by atoms with Crippen LogP contribution >= 0.6 is 0 Å². The number of nitrogens with zero attached hydrogens (tertiary/aromatic N) is 1. The Morgan fingerprint density at radius 1 is 1.31 bits per heavy atom. The number of para-hydroxylation sites is 1. The van der Waals surface area contributed by atoms with Gasteiger partial charge in [-0.3, -0.25) is 0 Å². The van der Waals surface area contributed by atoms with Gasteiger partial charge < -0.3 is 9.36 Å². The fraction of sp³-hybridized carbons (Fsp3) is 0.357. The molecular formula is C14H17NO. The van der Waals surface area contributed by atoms with Crippen molar-refractivity contribution in [1.29, 1.82) is 0 Å². The number of carbonyl (C=O) groups is 1. The molecule has 2 aromatic rings. The van der Waals surface area contributed by atoms with Crippen molar-refractivity contribution < 1.29 is 4.79 Å². The summed E-state index contributed by atoms with van der Waals surface area (Å²) in [6, 6.07) is 8.38. The lowest BCUT2D eigenvalue weighted by Crippen LogP contribution is -2.01. The summed E-state index contributed by atoms with van der Waals surface area (Å²) in [6.45, 7) is 3.79. The van der Waals surface area contributed by atoms with Gasteiger partial charge in [0.25, 0.3) is 0 Å². The van der Waals surface area contributed by atoms with Gasteiger partial charge in [-0.25, -0.2) is 0 Å². The van der Waals surface area contributed by atoms with Gasteiger partial charge in [-0.15, -0.1) is 0 Å². The summed E-state index contributed by atoms with van der Waals surface area (Å²) in [6.07, 6.45) is 1.47. The van der Waals surface area contributed by atoms with Gasteiger partial charge in [0.05, 0.1) is 0 Å². The third-order valence-electron chi connectivity index (χ3n) is 3.22. The minimum absolute atomic E-state index is 0.254. The molecule has 0 spiro atoms. The summed E-state index contributed by atoms with van der Waals surface area (Å²) in [5.41, 5.74) is 3.83. The van der Waals surface area contributed by atoms with Crippen molar-refractivity contribution in [2.45, 2.75) is 26.7 Å². The molecule has 0 N–H and O–H groups in total. The molecule has 2 heteroatoms. The average Bonchev–Trinajstić information content (AvgIpc) is 2.50. The standard InChI is InChI=1S/C14H17NO/c1-10(16)8-9-13-11(2)12-6-4-5-7-14(12)15(13)3/h4-7H,8-9H2,1-3H3. The maximum absolute atomic E-state index is 11.0. The van der Waals surface area contributed by atoms with Crippen LogP contribution in [0.25, 0.3) is 10.9 Å². The Kier molecular flexibility index (Phi) is 2.82. The van der Waals surface area contributed by atoms with Crippen LogP contribution in [0.15, 0.2) is 24.3 Å². The lowest BCUT2D eigenvalue weighted by molar-refractivity contribution is -0.117. The van der Waals surface area contributed by atoms with E-state index < -0.39 is 0 Å². The second kappa shape index (κ2) is 4.12. The fourth-order valence-electron chi connectivity index (χ4n) is 2.29. The van der Waals surface area contributed by atoms with Crippen LogP contribution < -0.4 is 0 Å². The van der Waals surface area contributed by atoms with Crippen molar-refractivity contribution in [3.8, 4) is 0 Å². The highest BCUT2D eigenvalue weighted by Gasteiger charge is 2.11. The van der Waals surface area contributed by atoms with Crippen molar-refractivity contribution in [3.05, 3.63) is 35.5 Å². The Morgan fingerprint density at radius 3 is 2.62 bits per heavy atom. The van der Waals surface area contributed by atoms with Crippen LogP contribution in [0, 0.1) is 6.92 Å². The predicted molar refractivity (Wildman–Crippen MR) is 66.7 cm³/mol. The van der Waals surface area contributed by atoms with Crippen molar-refractivity contribution >= 4 is 16.7 Å². The van der Waals surface area contributed by atoms with Gasteiger partial charge in [0.1, 0.15) is 5.78 Å².